The van der Waals surface area contributed by atoms with Crippen molar-refractivity contribution in [1.29, 1.82) is 0 Å². The van der Waals surface area contributed by atoms with E-state index in [1.54, 1.807) is 10.9 Å². The van der Waals surface area contributed by atoms with Crippen molar-refractivity contribution in [3.8, 4) is 0 Å². The Bertz CT molecular complexity index is 1510. The normalized spacial score (nSPS) is 15.2. The third-order valence-corrected chi connectivity index (χ3v) is 6.74. The number of imidazole rings is 1. The fourth-order valence-corrected chi connectivity index (χ4v) is 5.11. The zero-order valence-electron chi connectivity index (χ0n) is 20.7. The predicted molar refractivity (Wildman–Crippen MR) is 139 cm³/mol. The van der Waals surface area contributed by atoms with Crippen LogP contribution in [0.3, 0.4) is 0 Å². The molecule has 1 atom stereocenters. The first kappa shape index (κ1) is 23.8. The minimum Gasteiger partial charge on any atom is -0.348 e. The van der Waals surface area contributed by atoms with Gasteiger partial charge in [0.25, 0.3) is 5.56 Å². The van der Waals surface area contributed by atoms with Crippen molar-refractivity contribution in [3.63, 3.8) is 0 Å². The molecule has 0 saturated heterocycles. The molecule has 0 aliphatic heterocycles. The van der Waals surface area contributed by atoms with E-state index in [1.165, 1.54) is 10.1 Å². The van der Waals surface area contributed by atoms with E-state index in [1.807, 2.05) is 48.5 Å². The maximum Gasteiger partial charge on any atom is 0.333 e. The lowest BCUT2D eigenvalue weighted by Gasteiger charge is -2.26. The molecule has 2 aromatic heterocycles. The van der Waals surface area contributed by atoms with Gasteiger partial charge in [-0.3, -0.25) is 14.2 Å². The predicted octanol–water partition coefficient (Wildman–Crippen LogP) is 3.26. The van der Waals surface area contributed by atoms with E-state index < -0.39 is 11.2 Å². The van der Waals surface area contributed by atoms with Gasteiger partial charge in [-0.25, -0.2) is 14.3 Å². The molecule has 0 radical (unpaired) electrons. The topological polar surface area (TPSA) is 90.9 Å². The van der Waals surface area contributed by atoms with Crippen LogP contribution >= 0.6 is 0 Å². The number of rotatable bonds is 7. The van der Waals surface area contributed by atoms with E-state index in [9.17, 15) is 14.4 Å². The zero-order chi connectivity index (χ0) is 25.2. The molecule has 1 aliphatic rings. The molecular weight excluding hydrogens is 454 g/mol. The molecule has 4 aromatic rings. The molecular formula is C28H31N5O3. The monoisotopic (exact) mass is 485 g/mol. The van der Waals surface area contributed by atoms with Crippen molar-refractivity contribution in [1.82, 2.24) is 24.0 Å². The van der Waals surface area contributed by atoms with Gasteiger partial charge in [-0.05, 0) is 41.9 Å². The summed E-state index contributed by atoms with van der Waals surface area (Å²) in [5, 5.41) is 3.07. The summed E-state index contributed by atoms with van der Waals surface area (Å²) in [5.41, 5.74) is 2.91. The molecule has 0 spiro atoms. The Labute approximate surface area is 209 Å². The van der Waals surface area contributed by atoms with Gasteiger partial charge >= 0.3 is 5.69 Å². The lowest BCUT2D eigenvalue weighted by atomic mass is 9.88. The molecule has 0 bridgehead atoms. The van der Waals surface area contributed by atoms with Gasteiger partial charge in [-0.1, -0.05) is 68.4 Å². The van der Waals surface area contributed by atoms with Crippen LogP contribution < -0.4 is 16.6 Å². The molecule has 186 valence electrons. The summed E-state index contributed by atoms with van der Waals surface area (Å²) in [6, 6.07) is 17.5. The Morgan fingerprint density at radius 1 is 1.06 bits per heavy atom. The van der Waals surface area contributed by atoms with Gasteiger partial charge in [0.15, 0.2) is 11.2 Å². The summed E-state index contributed by atoms with van der Waals surface area (Å²) < 4.78 is 4.33. The van der Waals surface area contributed by atoms with Crippen LogP contribution in [0.5, 0.6) is 0 Å². The van der Waals surface area contributed by atoms with Crippen molar-refractivity contribution in [2.75, 3.05) is 0 Å². The smallest absolute Gasteiger partial charge is 0.333 e. The van der Waals surface area contributed by atoms with Gasteiger partial charge in [0.1, 0.15) is 6.54 Å². The van der Waals surface area contributed by atoms with Gasteiger partial charge in [-0.15, -0.1) is 0 Å². The minimum atomic E-state index is -0.537. The summed E-state index contributed by atoms with van der Waals surface area (Å²) in [4.78, 5) is 44.7. The van der Waals surface area contributed by atoms with Crippen LogP contribution in [0, 0.1) is 5.92 Å². The van der Waals surface area contributed by atoms with Crippen molar-refractivity contribution in [2.24, 2.45) is 5.92 Å². The molecule has 0 fully saturated rings. The van der Waals surface area contributed by atoms with Crippen LogP contribution in [-0.2, 0) is 30.8 Å². The van der Waals surface area contributed by atoms with Crippen LogP contribution in [-0.4, -0.2) is 24.6 Å². The number of fused-ring (bicyclic) bond motifs is 2. The first-order valence-corrected chi connectivity index (χ1v) is 12.5. The number of nitrogens with zero attached hydrogens (tertiary/aromatic N) is 4. The Morgan fingerprint density at radius 2 is 1.81 bits per heavy atom. The number of carbonyl (C=O) groups is 1. The van der Waals surface area contributed by atoms with Crippen molar-refractivity contribution >= 4 is 17.1 Å². The van der Waals surface area contributed by atoms with Crippen LogP contribution in [0.15, 0.2) is 70.5 Å². The van der Waals surface area contributed by atoms with E-state index >= 15 is 0 Å². The number of carbonyl (C=O) groups excluding carboxylic acids is 1. The lowest BCUT2D eigenvalue weighted by Crippen LogP contribution is -2.45. The molecule has 1 N–H and O–H groups in total. The molecule has 8 nitrogen and oxygen atoms in total. The molecule has 2 aromatic carbocycles. The standard InChI is InChI=1S/C28H31N5O3/c1-19(2)15-31-18-29-26-25(31)27(35)33(28(36)32(26)16-20-9-4-3-5-10-20)17-24(34)30-23-14-8-12-21-11-6-7-13-22(21)23/h3-7,9-11,13,18-19,23H,8,12,14-17H2,1-2H3,(H,30,34)/t23-/m1/s1. The third kappa shape index (κ3) is 4.63. The van der Waals surface area contributed by atoms with Crippen LogP contribution in [0.4, 0.5) is 0 Å². The van der Waals surface area contributed by atoms with Crippen LogP contribution in [0.1, 0.15) is 49.4 Å². The largest absolute Gasteiger partial charge is 0.348 e. The van der Waals surface area contributed by atoms with Crippen molar-refractivity contribution < 1.29 is 4.79 Å². The summed E-state index contributed by atoms with van der Waals surface area (Å²) in [5.74, 6) is -0.0733. The zero-order valence-corrected chi connectivity index (χ0v) is 20.7. The first-order chi connectivity index (χ1) is 17.4. The molecule has 8 heteroatoms. The quantitative estimate of drug-likeness (QED) is 0.435. The SMILES string of the molecule is CC(C)Cn1cnc2c1c(=O)n(CC(=O)N[C@@H]1CCCc3ccccc31)c(=O)n2Cc1ccccc1. The highest BCUT2D eigenvalue weighted by Crippen LogP contribution is 2.29. The second-order valence-electron chi connectivity index (χ2n) is 9.92. The van der Waals surface area contributed by atoms with Gasteiger partial charge in [-0.2, -0.15) is 0 Å². The van der Waals surface area contributed by atoms with E-state index in [4.69, 9.17) is 0 Å². The van der Waals surface area contributed by atoms with Crippen molar-refractivity contribution in [3.05, 3.63) is 98.5 Å². The number of aryl methyl sites for hydroxylation is 1. The molecule has 1 amide bonds. The van der Waals surface area contributed by atoms with E-state index in [2.05, 4.69) is 30.2 Å². The second kappa shape index (κ2) is 9.97. The lowest BCUT2D eigenvalue weighted by molar-refractivity contribution is -0.122. The highest BCUT2D eigenvalue weighted by molar-refractivity contribution is 5.77. The number of benzene rings is 2. The fraction of sp³-hybridized carbons (Fsp3) is 0.357. The Morgan fingerprint density at radius 3 is 2.58 bits per heavy atom. The maximum absolute atomic E-state index is 13.6. The third-order valence-electron chi connectivity index (χ3n) is 6.74. The molecule has 1 aliphatic carbocycles. The fourth-order valence-electron chi connectivity index (χ4n) is 5.11. The van der Waals surface area contributed by atoms with Crippen LogP contribution in [0.2, 0.25) is 0 Å². The molecule has 36 heavy (non-hydrogen) atoms. The molecule has 2 heterocycles. The first-order valence-electron chi connectivity index (χ1n) is 12.5. The van der Waals surface area contributed by atoms with Gasteiger partial charge < -0.3 is 9.88 Å². The van der Waals surface area contributed by atoms with E-state index in [0.29, 0.717) is 17.7 Å². The molecule has 5 rings (SSSR count). The number of aromatic nitrogens is 4. The Kier molecular flexibility index (Phi) is 6.59. The number of nitrogens with one attached hydrogen (secondary N) is 1. The average molecular weight is 486 g/mol. The molecule has 0 unspecified atom stereocenters. The van der Waals surface area contributed by atoms with Crippen molar-refractivity contribution in [2.45, 2.75) is 58.8 Å². The van der Waals surface area contributed by atoms with Gasteiger partial charge in [0, 0.05) is 6.54 Å². The minimum absolute atomic E-state index is 0.125. The summed E-state index contributed by atoms with van der Waals surface area (Å²) in [6.07, 6.45) is 4.40. The van der Waals surface area contributed by atoms with Gasteiger partial charge in [0.05, 0.1) is 18.9 Å². The Balaban J connectivity index is 1.53. The average Bonchev–Trinajstić information content (AvgIpc) is 3.28. The molecule has 0 saturated carbocycles. The summed E-state index contributed by atoms with van der Waals surface area (Å²) in [6.45, 7) is 4.61. The number of hydrogen-bond donors (Lipinski definition) is 1. The highest BCUT2D eigenvalue weighted by Gasteiger charge is 2.24. The van der Waals surface area contributed by atoms with Gasteiger partial charge in [0.2, 0.25) is 5.91 Å². The highest BCUT2D eigenvalue weighted by atomic mass is 16.2. The number of amides is 1. The Hall–Kier alpha value is -3.94. The maximum atomic E-state index is 13.6. The summed E-state index contributed by atoms with van der Waals surface area (Å²) >= 11 is 0. The second-order valence-corrected chi connectivity index (χ2v) is 9.92. The van der Waals surface area contributed by atoms with E-state index in [-0.39, 0.29) is 31.0 Å². The summed E-state index contributed by atoms with van der Waals surface area (Å²) in [7, 11) is 0. The van der Waals surface area contributed by atoms with E-state index in [0.717, 1.165) is 35.0 Å². The van der Waals surface area contributed by atoms with Crippen LogP contribution in [0.25, 0.3) is 11.2 Å². The number of hydrogen-bond acceptors (Lipinski definition) is 4.